The summed E-state index contributed by atoms with van der Waals surface area (Å²) in [6.07, 6.45) is -2.16. The van der Waals surface area contributed by atoms with E-state index >= 15 is 0 Å². The van der Waals surface area contributed by atoms with Crippen LogP contribution in [-0.2, 0) is 14.3 Å². The van der Waals surface area contributed by atoms with Crippen LogP contribution in [0.4, 0.5) is 0 Å². The third kappa shape index (κ3) is 2.83. The number of aliphatic hydroxyl groups is 2. The first-order valence-corrected chi connectivity index (χ1v) is 6.16. The van der Waals surface area contributed by atoms with Crippen molar-refractivity contribution in [1.29, 1.82) is 0 Å². The van der Waals surface area contributed by atoms with Crippen molar-refractivity contribution in [1.82, 2.24) is 0 Å². The fraction of sp³-hybridized carbons (Fsp3) is 0.917. The Bertz CT molecular complexity index is 305. The normalized spacial score (nSPS) is 37.9. The molecule has 18 heavy (non-hydrogen) atoms. The quantitative estimate of drug-likeness (QED) is 0.585. The van der Waals surface area contributed by atoms with E-state index in [4.69, 9.17) is 15.2 Å². The molecule has 5 atom stereocenters. The van der Waals surface area contributed by atoms with Crippen molar-refractivity contribution in [3.63, 3.8) is 0 Å². The summed E-state index contributed by atoms with van der Waals surface area (Å²) in [5.41, 5.74) is 4.36. The molecule has 1 heterocycles. The number of carbonyl (C=O) groups excluding carboxylic acids is 1. The molecule has 0 aromatic rings. The van der Waals surface area contributed by atoms with Crippen molar-refractivity contribution >= 4 is 5.97 Å². The van der Waals surface area contributed by atoms with E-state index in [1.165, 1.54) is 6.92 Å². The highest BCUT2D eigenvalue weighted by atomic mass is 16.6. The molecule has 106 valence electrons. The predicted octanol–water partition coefficient (Wildman–Crippen LogP) is -0.588. The summed E-state index contributed by atoms with van der Waals surface area (Å²) in [5, 5.41) is 19.4. The molecule has 0 aliphatic carbocycles. The Morgan fingerprint density at radius 3 is 2.56 bits per heavy atom. The number of carbonyl (C=O) groups is 1. The van der Waals surface area contributed by atoms with Gasteiger partial charge < -0.3 is 25.4 Å². The Balaban J connectivity index is 2.77. The lowest BCUT2D eigenvalue weighted by molar-refractivity contribution is -0.165. The van der Waals surface area contributed by atoms with E-state index in [0.717, 1.165) is 0 Å². The van der Waals surface area contributed by atoms with Crippen molar-refractivity contribution in [2.75, 3.05) is 6.61 Å². The highest BCUT2D eigenvalue weighted by Gasteiger charge is 2.53. The Morgan fingerprint density at radius 2 is 2.11 bits per heavy atom. The van der Waals surface area contributed by atoms with E-state index in [2.05, 4.69) is 0 Å². The Morgan fingerprint density at radius 1 is 1.56 bits per heavy atom. The molecule has 4 N–H and O–H groups in total. The molecule has 0 saturated carbocycles. The maximum absolute atomic E-state index is 11.8. The molecule has 1 fully saturated rings. The van der Waals surface area contributed by atoms with Crippen LogP contribution in [-0.4, -0.2) is 52.7 Å². The average molecular weight is 261 g/mol. The van der Waals surface area contributed by atoms with E-state index in [1.807, 2.05) is 0 Å². The van der Waals surface area contributed by atoms with Gasteiger partial charge in [-0.15, -0.1) is 0 Å². The lowest BCUT2D eigenvalue weighted by Crippen LogP contribution is -2.50. The molecule has 6 nitrogen and oxygen atoms in total. The third-order valence-corrected chi connectivity index (χ3v) is 3.53. The van der Waals surface area contributed by atoms with Gasteiger partial charge in [-0.05, 0) is 19.8 Å². The van der Waals surface area contributed by atoms with Gasteiger partial charge >= 0.3 is 5.97 Å². The van der Waals surface area contributed by atoms with E-state index in [-0.39, 0.29) is 12.5 Å². The van der Waals surface area contributed by atoms with E-state index < -0.39 is 35.9 Å². The summed E-state index contributed by atoms with van der Waals surface area (Å²) >= 11 is 0. The molecule has 1 aliphatic rings. The summed E-state index contributed by atoms with van der Waals surface area (Å²) < 4.78 is 10.6. The molecule has 1 rings (SSSR count). The largest absolute Gasteiger partial charge is 0.455 e. The molecule has 1 unspecified atom stereocenters. The van der Waals surface area contributed by atoms with Crippen LogP contribution >= 0.6 is 0 Å². The molecule has 0 aromatic carbocycles. The maximum atomic E-state index is 11.8. The summed E-state index contributed by atoms with van der Waals surface area (Å²) in [6, 6.07) is -0.754. The van der Waals surface area contributed by atoms with Gasteiger partial charge in [0, 0.05) is 0 Å². The van der Waals surface area contributed by atoms with Crippen LogP contribution in [0.5, 0.6) is 0 Å². The van der Waals surface area contributed by atoms with Gasteiger partial charge in [0.1, 0.15) is 17.7 Å². The molecule has 1 saturated heterocycles. The highest BCUT2D eigenvalue weighted by Crippen LogP contribution is 2.33. The Hall–Kier alpha value is -0.690. The lowest BCUT2D eigenvalue weighted by Gasteiger charge is -2.29. The zero-order valence-electron chi connectivity index (χ0n) is 11.3. The van der Waals surface area contributed by atoms with E-state index in [0.29, 0.717) is 0 Å². The summed E-state index contributed by atoms with van der Waals surface area (Å²) in [4.78, 5) is 11.8. The van der Waals surface area contributed by atoms with Crippen molar-refractivity contribution in [3.05, 3.63) is 0 Å². The minimum atomic E-state index is -1.33. The van der Waals surface area contributed by atoms with Crippen molar-refractivity contribution in [2.45, 2.75) is 57.6 Å². The lowest BCUT2D eigenvalue weighted by atomic mass is 9.93. The fourth-order valence-electron chi connectivity index (χ4n) is 1.89. The van der Waals surface area contributed by atoms with Crippen molar-refractivity contribution in [3.8, 4) is 0 Å². The first kappa shape index (κ1) is 15.4. The summed E-state index contributed by atoms with van der Waals surface area (Å²) in [6.45, 7) is 6.48. The Kier molecular flexibility index (Phi) is 4.72. The predicted molar refractivity (Wildman–Crippen MR) is 64.7 cm³/mol. The number of hydrogen-bond donors (Lipinski definition) is 3. The minimum absolute atomic E-state index is 0.0604. The molecule has 0 amide bonds. The van der Waals surface area contributed by atoms with Gasteiger partial charge in [0.25, 0.3) is 0 Å². The molecular weight excluding hydrogens is 238 g/mol. The fourth-order valence-corrected chi connectivity index (χ4v) is 1.89. The molecule has 6 heteroatoms. The van der Waals surface area contributed by atoms with Gasteiger partial charge in [-0.3, -0.25) is 4.79 Å². The second-order valence-corrected chi connectivity index (χ2v) is 5.35. The number of ether oxygens (including phenoxy) is 2. The van der Waals surface area contributed by atoms with Gasteiger partial charge in [0.05, 0.1) is 12.7 Å². The third-order valence-electron chi connectivity index (χ3n) is 3.53. The number of nitrogens with two attached hydrogens (primary N) is 1. The van der Waals surface area contributed by atoms with Gasteiger partial charge in [-0.1, -0.05) is 13.8 Å². The zero-order valence-corrected chi connectivity index (χ0v) is 11.3. The topological polar surface area (TPSA) is 102 Å². The van der Waals surface area contributed by atoms with E-state index in [9.17, 15) is 15.0 Å². The SMILES string of the molecule is CC(C)[C@H](N)C(=O)O[C@@H]1[C@@H](CO)OC(C)[C@]1(C)O. The maximum Gasteiger partial charge on any atom is 0.323 e. The second-order valence-electron chi connectivity index (χ2n) is 5.35. The molecule has 0 spiro atoms. The van der Waals surface area contributed by atoms with Gasteiger partial charge in [0.15, 0.2) is 6.10 Å². The number of rotatable bonds is 4. The molecule has 0 radical (unpaired) electrons. The molecular formula is C12H23NO5. The van der Waals surface area contributed by atoms with Gasteiger partial charge in [-0.2, -0.15) is 0 Å². The van der Waals surface area contributed by atoms with Gasteiger partial charge in [-0.25, -0.2) is 0 Å². The van der Waals surface area contributed by atoms with Crippen LogP contribution in [0.15, 0.2) is 0 Å². The molecule has 0 aromatic heterocycles. The second kappa shape index (κ2) is 5.52. The van der Waals surface area contributed by atoms with Crippen LogP contribution in [0.25, 0.3) is 0 Å². The Labute approximate surface area is 107 Å². The number of hydrogen-bond acceptors (Lipinski definition) is 6. The monoisotopic (exact) mass is 261 g/mol. The highest BCUT2D eigenvalue weighted by molar-refractivity contribution is 5.76. The summed E-state index contributed by atoms with van der Waals surface area (Å²) in [5.74, 6) is -0.652. The van der Waals surface area contributed by atoms with Crippen LogP contribution in [0.3, 0.4) is 0 Å². The van der Waals surface area contributed by atoms with Crippen molar-refractivity contribution in [2.24, 2.45) is 11.7 Å². The number of esters is 1. The van der Waals surface area contributed by atoms with E-state index in [1.54, 1.807) is 20.8 Å². The average Bonchev–Trinajstić information content (AvgIpc) is 2.51. The van der Waals surface area contributed by atoms with Gasteiger partial charge in [0.2, 0.25) is 0 Å². The van der Waals surface area contributed by atoms with Crippen LogP contribution in [0.1, 0.15) is 27.7 Å². The first-order valence-electron chi connectivity index (χ1n) is 6.16. The van der Waals surface area contributed by atoms with Crippen LogP contribution in [0, 0.1) is 5.92 Å². The number of aliphatic hydroxyl groups excluding tert-OH is 1. The zero-order chi connectivity index (χ0) is 14.1. The molecule has 1 aliphatic heterocycles. The standard InChI is InChI=1S/C12H23NO5/c1-6(2)9(13)11(15)18-10-8(5-14)17-7(3)12(10,4)16/h6-10,14,16H,5,13H2,1-4H3/t7?,8-,9+,10-,12+/m1/s1. The van der Waals surface area contributed by atoms with Crippen LogP contribution < -0.4 is 5.73 Å². The summed E-state index contributed by atoms with van der Waals surface area (Å²) in [7, 11) is 0. The van der Waals surface area contributed by atoms with Crippen molar-refractivity contribution < 1.29 is 24.5 Å². The smallest absolute Gasteiger partial charge is 0.323 e. The van der Waals surface area contributed by atoms with Crippen LogP contribution in [0.2, 0.25) is 0 Å². The minimum Gasteiger partial charge on any atom is -0.455 e. The first-order chi connectivity index (χ1) is 8.21. The molecule has 0 bridgehead atoms.